The van der Waals surface area contributed by atoms with Crippen molar-refractivity contribution in [2.45, 2.75) is 53.4 Å². The molecule has 1 saturated heterocycles. The van der Waals surface area contributed by atoms with Gasteiger partial charge in [0.2, 0.25) is 0 Å². The van der Waals surface area contributed by atoms with Crippen molar-refractivity contribution >= 4 is 0 Å². The van der Waals surface area contributed by atoms with Gasteiger partial charge < -0.3 is 5.32 Å². The van der Waals surface area contributed by atoms with Crippen molar-refractivity contribution < 1.29 is 0 Å². The molecule has 1 fully saturated rings. The van der Waals surface area contributed by atoms with Crippen molar-refractivity contribution in [2.75, 3.05) is 13.1 Å². The van der Waals surface area contributed by atoms with Gasteiger partial charge in [0.05, 0.1) is 0 Å². The molecule has 1 heterocycles. The molecule has 0 bridgehead atoms. The Morgan fingerprint density at radius 3 is 2.31 bits per heavy atom. The molecule has 1 aliphatic heterocycles. The van der Waals surface area contributed by atoms with Crippen LogP contribution >= 0.6 is 0 Å². The van der Waals surface area contributed by atoms with Crippen LogP contribution in [0.25, 0.3) is 0 Å². The molecule has 2 atom stereocenters. The zero-order valence-electron chi connectivity index (χ0n) is 9.90. The van der Waals surface area contributed by atoms with Crippen LogP contribution in [0.2, 0.25) is 0 Å². The molecule has 0 spiro atoms. The van der Waals surface area contributed by atoms with Crippen LogP contribution < -0.4 is 5.32 Å². The lowest BCUT2D eigenvalue weighted by Gasteiger charge is -2.29. The van der Waals surface area contributed by atoms with Gasteiger partial charge in [0.15, 0.2) is 0 Å². The molecule has 0 aromatic carbocycles. The average Bonchev–Trinajstić information content (AvgIpc) is 2.11. The van der Waals surface area contributed by atoms with E-state index in [1.54, 1.807) is 0 Å². The highest BCUT2D eigenvalue weighted by molar-refractivity contribution is 4.74. The van der Waals surface area contributed by atoms with Crippen LogP contribution in [0.5, 0.6) is 0 Å². The Morgan fingerprint density at radius 1 is 1.23 bits per heavy atom. The van der Waals surface area contributed by atoms with Gasteiger partial charge in [-0.2, -0.15) is 0 Å². The molecule has 0 saturated carbocycles. The molecule has 1 N–H and O–H groups in total. The van der Waals surface area contributed by atoms with Crippen LogP contribution in [0, 0.1) is 11.8 Å². The van der Waals surface area contributed by atoms with Crippen molar-refractivity contribution in [1.82, 2.24) is 5.32 Å². The molecule has 0 unspecified atom stereocenters. The Balaban J connectivity index is 0.000000424. The number of hydrogen-bond donors (Lipinski definition) is 1. The molecule has 0 radical (unpaired) electrons. The lowest BCUT2D eigenvalue weighted by atomic mass is 9.85. The normalized spacial score (nSPS) is 27.7. The van der Waals surface area contributed by atoms with Crippen molar-refractivity contribution in [3.8, 4) is 0 Å². The first-order valence-electron chi connectivity index (χ1n) is 5.96. The second-order valence-electron chi connectivity index (χ2n) is 4.23. The maximum absolute atomic E-state index is 3.42. The van der Waals surface area contributed by atoms with E-state index in [1.165, 1.54) is 38.8 Å². The van der Waals surface area contributed by atoms with Crippen LogP contribution in [-0.2, 0) is 0 Å². The van der Waals surface area contributed by atoms with E-state index in [-0.39, 0.29) is 0 Å². The summed E-state index contributed by atoms with van der Waals surface area (Å²) in [4.78, 5) is 0. The van der Waals surface area contributed by atoms with E-state index in [2.05, 4.69) is 33.0 Å². The predicted octanol–water partition coefficient (Wildman–Crippen LogP) is 3.45. The van der Waals surface area contributed by atoms with E-state index in [9.17, 15) is 0 Å². The SMILES string of the molecule is CCC.CCC[C@H]1CCNC[C@H]1C. The summed E-state index contributed by atoms with van der Waals surface area (Å²) in [7, 11) is 0. The van der Waals surface area contributed by atoms with Gasteiger partial charge in [-0.25, -0.2) is 0 Å². The Hall–Kier alpha value is -0.0400. The Bertz CT molecular complexity index is 99.3. The van der Waals surface area contributed by atoms with Crippen LogP contribution in [0.1, 0.15) is 53.4 Å². The van der Waals surface area contributed by atoms with E-state index in [1.807, 2.05) is 0 Å². The molecule has 0 aromatic heterocycles. The Morgan fingerprint density at radius 2 is 1.85 bits per heavy atom. The minimum Gasteiger partial charge on any atom is -0.316 e. The lowest BCUT2D eigenvalue weighted by molar-refractivity contribution is 0.257. The summed E-state index contributed by atoms with van der Waals surface area (Å²) >= 11 is 0. The zero-order valence-corrected chi connectivity index (χ0v) is 9.90. The average molecular weight is 185 g/mol. The molecule has 1 heteroatoms. The van der Waals surface area contributed by atoms with Crippen LogP contribution in [0.3, 0.4) is 0 Å². The third kappa shape index (κ3) is 6.09. The van der Waals surface area contributed by atoms with Crippen molar-refractivity contribution in [3.05, 3.63) is 0 Å². The highest BCUT2D eigenvalue weighted by Crippen LogP contribution is 2.22. The molecule has 80 valence electrons. The van der Waals surface area contributed by atoms with Crippen LogP contribution in [-0.4, -0.2) is 13.1 Å². The van der Waals surface area contributed by atoms with Crippen LogP contribution in [0.4, 0.5) is 0 Å². The zero-order chi connectivity index (χ0) is 10.1. The molecule has 1 aliphatic rings. The van der Waals surface area contributed by atoms with Gasteiger partial charge in [-0.05, 0) is 31.3 Å². The van der Waals surface area contributed by atoms with Gasteiger partial charge in [-0.1, -0.05) is 47.0 Å². The van der Waals surface area contributed by atoms with Crippen molar-refractivity contribution in [3.63, 3.8) is 0 Å². The molecular formula is C12H27N. The van der Waals surface area contributed by atoms with Gasteiger partial charge in [0.25, 0.3) is 0 Å². The summed E-state index contributed by atoms with van der Waals surface area (Å²) in [6.45, 7) is 11.4. The predicted molar refractivity (Wildman–Crippen MR) is 61.0 cm³/mol. The highest BCUT2D eigenvalue weighted by Gasteiger charge is 2.19. The lowest BCUT2D eigenvalue weighted by Crippen LogP contribution is -2.34. The summed E-state index contributed by atoms with van der Waals surface area (Å²) in [6, 6.07) is 0. The molecule has 0 aliphatic carbocycles. The topological polar surface area (TPSA) is 12.0 Å². The van der Waals surface area contributed by atoms with E-state index >= 15 is 0 Å². The van der Waals surface area contributed by atoms with Crippen molar-refractivity contribution in [1.29, 1.82) is 0 Å². The molecule has 0 amide bonds. The Labute approximate surface area is 84.3 Å². The minimum atomic E-state index is 0.911. The summed E-state index contributed by atoms with van der Waals surface area (Å²) in [5, 5.41) is 3.42. The second-order valence-corrected chi connectivity index (χ2v) is 4.23. The first-order chi connectivity index (χ1) is 6.26. The molecule has 1 nitrogen and oxygen atoms in total. The van der Waals surface area contributed by atoms with Crippen molar-refractivity contribution in [2.24, 2.45) is 11.8 Å². The third-order valence-corrected chi connectivity index (χ3v) is 2.62. The van der Waals surface area contributed by atoms with E-state index in [4.69, 9.17) is 0 Å². The summed E-state index contributed by atoms with van der Waals surface area (Å²) in [6.07, 6.45) is 5.44. The maximum atomic E-state index is 3.42. The van der Waals surface area contributed by atoms with Gasteiger partial charge >= 0.3 is 0 Å². The first-order valence-corrected chi connectivity index (χ1v) is 5.96. The monoisotopic (exact) mass is 185 g/mol. The van der Waals surface area contributed by atoms with E-state index < -0.39 is 0 Å². The van der Waals surface area contributed by atoms with Gasteiger partial charge in [0.1, 0.15) is 0 Å². The largest absolute Gasteiger partial charge is 0.316 e. The van der Waals surface area contributed by atoms with Gasteiger partial charge in [0, 0.05) is 0 Å². The fraction of sp³-hybridized carbons (Fsp3) is 1.00. The molecule has 0 aromatic rings. The van der Waals surface area contributed by atoms with Gasteiger partial charge in [-0.15, -0.1) is 0 Å². The molecule has 13 heavy (non-hydrogen) atoms. The second kappa shape index (κ2) is 8.55. The fourth-order valence-electron chi connectivity index (χ4n) is 1.87. The smallest absolute Gasteiger partial charge is 0.00205 e. The number of hydrogen-bond acceptors (Lipinski definition) is 1. The Kier molecular flexibility index (Phi) is 8.53. The van der Waals surface area contributed by atoms with E-state index in [0.717, 1.165) is 11.8 Å². The number of rotatable bonds is 2. The quantitative estimate of drug-likeness (QED) is 0.695. The van der Waals surface area contributed by atoms with E-state index in [0.29, 0.717) is 0 Å². The highest BCUT2D eigenvalue weighted by atomic mass is 14.9. The summed E-state index contributed by atoms with van der Waals surface area (Å²) in [5.74, 6) is 1.92. The van der Waals surface area contributed by atoms with Gasteiger partial charge in [-0.3, -0.25) is 0 Å². The minimum absolute atomic E-state index is 0.911. The summed E-state index contributed by atoms with van der Waals surface area (Å²) in [5.41, 5.74) is 0. The fourth-order valence-corrected chi connectivity index (χ4v) is 1.87. The first kappa shape index (κ1) is 13.0. The third-order valence-electron chi connectivity index (χ3n) is 2.62. The number of piperidine rings is 1. The van der Waals surface area contributed by atoms with Crippen LogP contribution in [0.15, 0.2) is 0 Å². The summed E-state index contributed by atoms with van der Waals surface area (Å²) < 4.78 is 0. The number of nitrogens with one attached hydrogen (secondary N) is 1. The maximum Gasteiger partial charge on any atom is -0.00205 e. The standard InChI is InChI=1S/C9H19N.C3H8/c1-3-4-9-5-6-10-7-8(9)2;1-3-2/h8-10H,3-7H2,1-2H3;3H2,1-2H3/t8-,9+;/m1./s1. The molecule has 1 rings (SSSR count). The molecular weight excluding hydrogens is 158 g/mol.